The van der Waals surface area contributed by atoms with Gasteiger partial charge in [-0.05, 0) is 37.9 Å². The molecule has 3 heterocycles. The number of pyridine rings is 2. The lowest BCUT2D eigenvalue weighted by Crippen LogP contribution is -2.48. The Balaban J connectivity index is 1.93. The zero-order chi connectivity index (χ0) is 20.9. The van der Waals surface area contributed by atoms with Crippen LogP contribution in [0, 0.1) is 17.6 Å². The summed E-state index contributed by atoms with van der Waals surface area (Å²) in [6.45, 7) is 3.66. The van der Waals surface area contributed by atoms with E-state index < -0.39 is 28.6 Å². The van der Waals surface area contributed by atoms with Gasteiger partial charge < -0.3 is 20.3 Å². The first kappa shape index (κ1) is 19.3. The van der Waals surface area contributed by atoms with Crippen LogP contribution in [0.25, 0.3) is 21.9 Å². The summed E-state index contributed by atoms with van der Waals surface area (Å²) in [6, 6.07) is 2.45. The fraction of sp³-hybridized carbons (Fsp3) is 0.350. The minimum Gasteiger partial charge on any atom is -0.477 e. The normalized spacial score (nSPS) is 14.6. The van der Waals surface area contributed by atoms with Crippen LogP contribution in [0.3, 0.4) is 0 Å². The molecule has 0 spiro atoms. The van der Waals surface area contributed by atoms with E-state index in [0.29, 0.717) is 32.1 Å². The lowest BCUT2D eigenvalue weighted by Gasteiger charge is -2.41. The van der Waals surface area contributed by atoms with Crippen LogP contribution in [-0.2, 0) is 6.54 Å². The van der Waals surface area contributed by atoms with Gasteiger partial charge in [0.1, 0.15) is 28.2 Å². The molecule has 0 aliphatic carbocycles. The Morgan fingerprint density at radius 1 is 1.34 bits per heavy atom. The first-order chi connectivity index (χ1) is 13.8. The Hall–Kier alpha value is -3.07. The van der Waals surface area contributed by atoms with Gasteiger partial charge in [-0.15, -0.1) is 0 Å². The van der Waals surface area contributed by atoms with Gasteiger partial charge in [0.25, 0.3) is 0 Å². The standard InChI is InChI=1S/C20H20F2N4O3/c1-2-25-9-13(20(28)29)18(27)12-5-11-6-14(21)17(15(22)16(11)24-19(12)25)26-7-10(8-26)3-4-23/h5-6,9-10H,2-4,7-8,23H2,1H3,(H,28,29). The highest BCUT2D eigenvalue weighted by Crippen LogP contribution is 2.35. The number of nitrogens with zero attached hydrogens (tertiary/aromatic N) is 3. The number of carbonyl (C=O) groups is 1. The zero-order valence-electron chi connectivity index (χ0n) is 15.8. The molecule has 1 aromatic carbocycles. The van der Waals surface area contributed by atoms with Crippen LogP contribution in [0.2, 0.25) is 0 Å². The van der Waals surface area contributed by atoms with Crippen LogP contribution < -0.4 is 16.1 Å². The molecule has 9 heteroatoms. The molecule has 4 rings (SSSR count). The van der Waals surface area contributed by atoms with Crippen molar-refractivity contribution in [3.63, 3.8) is 0 Å². The van der Waals surface area contributed by atoms with E-state index in [-0.39, 0.29) is 27.6 Å². The summed E-state index contributed by atoms with van der Waals surface area (Å²) >= 11 is 0. The van der Waals surface area contributed by atoms with E-state index in [0.717, 1.165) is 12.5 Å². The highest BCUT2D eigenvalue weighted by atomic mass is 19.1. The first-order valence-corrected chi connectivity index (χ1v) is 9.39. The van der Waals surface area contributed by atoms with Crippen molar-refractivity contribution in [2.45, 2.75) is 19.9 Å². The van der Waals surface area contributed by atoms with Crippen LogP contribution in [0.1, 0.15) is 23.7 Å². The maximum absolute atomic E-state index is 15.2. The number of benzene rings is 1. The van der Waals surface area contributed by atoms with E-state index in [2.05, 4.69) is 4.98 Å². The minimum atomic E-state index is -1.36. The maximum Gasteiger partial charge on any atom is 0.341 e. The average Bonchev–Trinajstić information content (AvgIpc) is 2.65. The topological polar surface area (TPSA) is 101 Å². The van der Waals surface area contributed by atoms with Crippen LogP contribution in [0.15, 0.2) is 23.1 Å². The lowest BCUT2D eigenvalue weighted by atomic mass is 9.95. The second-order valence-electron chi connectivity index (χ2n) is 7.26. The molecule has 1 fully saturated rings. The molecule has 2 aromatic heterocycles. The molecule has 0 atom stereocenters. The van der Waals surface area contributed by atoms with Crippen LogP contribution >= 0.6 is 0 Å². The molecule has 3 N–H and O–H groups in total. The Morgan fingerprint density at radius 2 is 2.07 bits per heavy atom. The van der Waals surface area contributed by atoms with Crippen molar-refractivity contribution in [1.29, 1.82) is 0 Å². The van der Waals surface area contributed by atoms with E-state index in [1.54, 1.807) is 11.8 Å². The minimum absolute atomic E-state index is 0.0118. The largest absolute Gasteiger partial charge is 0.477 e. The third-order valence-electron chi connectivity index (χ3n) is 5.42. The van der Waals surface area contributed by atoms with E-state index in [4.69, 9.17) is 5.73 Å². The van der Waals surface area contributed by atoms with Gasteiger partial charge in [-0.25, -0.2) is 18.6 Å². The van der Waals surface area contributed by atoms with Crippen LogP contribution in [-0.4, -0.2) is 40.3 Å². The number of halogens is 2. The number of nitrogens with two attached hydrogens (primary N) is 1. The molecular formula is C20H20F2N4O3. The monoisotopic (exact) mass is 402 g/mol. The fourth-order valence-corrected chi connectivity index (χ4v) is 3.89. The number of hydrogen-bond acceptors (Lipinski definition) is 5. The summed E-state index contributed by atoms with van der Waals surface area (Å²) < 4.78 is 31.4. The molecule has 0 radical (unpaired) electrons. The SMILES string of the molecule is CCn1cc(C(=O)O)c(=O)c2cc3cc(F)c(N4CC(CCN)C4)c(F)c3nc21. The summed E-state index contributed by atoms with van der Waals surface area (Å²) in [4.78, 5) is 29.8. The second-order valence-corrected chi connectivity index (χ2v) is 7.26. The number of carboxylic acids is 1. The van der Waals surface area contributed by atoms with Crippen molar-refractivity contribution in [2.75, 3.05) is 24.5 Å². The zero-order valence-corrected chi connectivity index (χ0v) is 15.8. The van der Waals surface area contributed by atoms with Gasteiger partial charge in [0.2, 0.25) is 5.43 Å². The first-order valence-electron chi connectivity index (χ1n) is 9.39. The Morgan fingerprint density at radius 3 is 2.69 bits per heavy atom. The lowest BCUT2D eigenvalue weighted by molar-refractivity contribution is 0.0695. The van der Waals surface area contributed by atoms with Crippen LogP contribution in [0.5, 0.6) is 0 Å². The molecule has 0 saturated carbocycles. The number of carboxylic acid groups (broad SMARTS) is 1. The number of aromatic nitrogens is 2. The highest BCUT2D eigenvalue weighted by molar-refractivity contribution is 5.97. The van der Waals surface area contributed by atoms with E-state index >= 15 is 4.39 Å². The van der Waals surface area contributed by atoms with Crippen molar-refractivity contribution in [3.8, 4) is 0 Å². The third kappa shape index (κ3) is 3.02. The maximum atomic E-state index is 15.2. The summed E-state index contributed by atoms with van der Waals surface area (Å²) in [7, 11) is 0. The molecular weight excluding hydrogens is 382 g/mol. The Labute approximate surface area is 164 Å². The van der Waals surface area contributed by atoms with Gasteiger partial charge in [-0.1, -0.05) is 0 Å². The summed E-state index contributed by atoms with van der Waals surface area (Å²) in [5, 5.41) is 9.39. The van der Waals surface area contributed by atoms with Crippen molar-refractivity contribution in [3.05, 3.63) is 45.8 Å². The van der Waals surface area contributed by atoms with Crippen molar-refractivity contribution >= 4 is 33.6 Å². The van der Waals surface area contributed by atoms with E-state index in [1.165, 1.54) is 16.8 Å². The quantitative estimate of drug-likeness (QED) is 0.635. The molecule has 0 unspecified atom stereocenters. The van der Waals surface area contributed by atoms with Crippen molar-refractivity contribution in [1.82, 2.24) is 9.55 Å². The van der Waals surface area contributed by atoms with Crippen molar-refractivity contribution < 1.29 is 18.7 Å². The highest BCUT2D eigenvalue weighted by Gasteiger charge is 2.31. The number of aromatic carboxylic acids is 1. The number of hydrogen-bond donors (Lipinski definition) is 2. The van der Waals surface area contributed by atoms with E-state index in [9.17, 15) is 19.1 Å². The van der Waals surface area contributed by atoms with Gasteiger partial charge in [0.15, 0.2) is 5.82 Å². The predicted molar refractivity (Wildman–Crippen MR) is 105 cm³/mol. The molecule has 0 bridgehead atoms. The molecule has 1 aliphatic heterocycles. The molecule has 1 saturated heterocycles. The van der Waals surface area contributed by atoms with Gasteiger partial charge in [-0.2, -0.15) is 0 Å². The molecule has 152 valence electrons. The number of anilines is 1. The molecule has 1 aliphatic rings. The van der Waals surface area contributed by atoms with Crippen molar-refractivity contribution in [2.24, 2.45) is 11.7 Å². The molecule has 3 aromatic rings. The number of aryl methyl sites for hydroxylation is 1. The Kier molecular flexibility index (Phi) is 4.70. The summed E-state index contributed by atoms with van der Waals surface area (Å²) in [5.74, 6) is -2.59. The number of fused-ring (bicyclic) bond motifs is 2. The van der Waals surface area contributed by atoms with Crippen LogP contribution in [0.4, 0.5) is 14.5 Å². The van der Waals surface area contributed by atoms with Gasteiger partial charge >= 0.3 is 5.97 Å². The second kappa shape index (κ2) is 7.07. The smallest absolute Gasteiger partial charge is 0.341 e. The summed E-state index contributed by atoms with van der Waals surface area (Å²) in [5.41, 5.74) is 4.37. The average molecular weight is 402 g/mol. The van der Waals surface area contributed by atoms with Gasteiger partial charge in [0.05, 0.1) is 5.39 Å². The molecule has 7 nitrogen and oxygen atoms in total. The third-order valence-corrected chi connectivity index (χ3v) is 5.42. The Bertz CT molecular complexity index is 1200. The molecule has 0 amide bonds. The fourth-order valence-electron chi connectivity index (χ4n) is 3.89. The molecule has 29 heavy (non-hydrogen) atoms. The predicted octanol–water partition coefficient (Wildman–Crippen LogP) is 2.33. The van der Waals surface area contributed by atoms with Gasteiger partial charge in [-0.3, -0.25) is 4.79 Å². The number of rotatable bonds is 5. The summed E-state index contributed by atoms with van der Waals surface area (Å²) in [6.07, 6.45) is 1.99. The van der Waals surface area contributed by atoms with E-state index in [1.807, 2.05) is 0 Å². The van der Waals surface area contributed by atoms with Gasteiger partial charge in [0, 0.05) is 31.2 Å².